The van der Waals surface area contributed by atoms with E-state index in [1.807, 2.05) is 0 Å². The molecule has 98 valence electrons. The third kappa shape index (κ3) is 3.85. The van der Waals surface area contributed by atoms with E-state index >= 15 is 0 Å². The Morgan fingerprint density at radius 1 is 1.16 bits per heavy atom. The van der Waals surface area contributed by atoms with Crippen LogP contribution in [0.5, 0.6) is 17.2 Å². The summed E-state index contributed by atoms with van der Waals surface area (Å²) in [7, 11) is 0. The lowest BCUT2D eigenvalue weighted by atomic mass is 10.1. The van der Waals surface area contributed by atoms with Crippen molar-refractivity contribution in [3.63, 3.8) is 0 Å². The van der Waals surface area contributed by atoms with Gasteiger partial charge in [-0.25, -0.2) is 0 Å². The van der Waals surface area contributed by atoms with Crippen LogP contribution in [0.15, 0.2) is 42.5 Å². The molecule has 2 aromatic carbocycles. The van der Waals surface area contributed by atoms with Gasteiger partial charge in [0.25, 0.3) is 0 Å². The number of carboxylic acid groups (broad SMARTS) is 1. The van der Waals surface area contributed by atoms with Gasteiger partial charge in [0.05, 0.1) is 9.99 Å². The zero-order valence-corrected chi connectivity index (χ0v) is 12.0. The maximum Gasteiger partial charge on any atom is 0.307 e. The molecule has 0 aliphatic rings. The van der Waals surface area contributed by atoms with Crippen molar-refractivity contribution in [1.29, 1.82) is 0 Å². The molecule has 5 heteroatoms. The summed E-state index contributed by atoms with van der Waals surface area (Å²) in [6.45, 7) is 0. The summed E-state index contributed by atoms with van der Waals surface area (Å²) in [5.74, 6) is 0.587. The third-order valence-corrected chi connectivity index (χ3v) is 3.26. The molecule has 0 aliphatic carbocycles. The molecule has 0 aromatic heterocycles. The second kappa shape index (κ2) is 5.92. The van der Waals surface area contributed by atoms with E-state index in [0.717, 1.165) is 9.13 Å². The molecule has 0 saturated heterocycles. The van der Waals surface area contributed by atoms with Crippen LogP contribution in [-0.2, 0) is 11.2 Å². The highest BCUT2D eigenvalue weighted by atomic mass is 127. The van der Waals surface area contributed by atoms with Gasteiger partial charge in [-0.1, -0.05) is 6.07 Å². The largest absolute Gasteiger partial charge is 0.508 e. The summed E-state index contributed by atoms with van der Waals surface area (Å²) in [5, 5.41) is 17.9. The molecular formula is C14H11IO4. The summed E-state index contributed by atoms with van der Waals surface area (Å²) < 4.78 is 6.50. The summed E-state index contributed by atoms with van der Waals surface area (Å²) >= 11 is 2.10. The zero-order chi connectivity index (χ0) is 13.8. The Balaban J connectivity index is 2.17. The van der Waals surface area contributed by atoms with Crippen LogP contribution < -0.4 is 4.74 Å². The number of carbonyl (C=O) groups is 1. The first-order valence-corrected chi connectivity index (χ1v) is 6.59. The van der Waals surface area contributed by atoms with Crippen molar-refractivity contribution >= 4 is 28.6 Å². The summed E-state index contributed by atoms with van der Waals surface area (Å²) in [4.78, 5) is 10.6. The number of aliphatic carboxylic acids is 1. The summed E-state index contributed by atoms with van der Waals surface area (Å²) in [5.41, 5.74) is 0.731. The van der Waals surface area contributed by atoms with Crippen molar-refractivity contribution in [2.75, 3.05) is 0 Å². The van der Waals surface area contributed by atoms with Crippen LogP contribution in [0.25, 0.3) is 0 Å². The van der Waals surface area contributed by atoms with Gasteiger partial charge in [-0.05, 0) is 64.6 Å². The molecule has 2 aromatic rings. The monoisotopic (exact) mass is 370 g/mol. The van der Waals surface area contributed by atoms with Crippen LogP contribution in [-0.4, -0.2) is 16.2 Å². The van der Waals surface area contributed by atoms with Crippen molar-refractivity contribution in [2.24, 2.45) is 0 Å². The minimum Gasteiger partial charge on any atom is -0.508 e. The average molecular weight is 370 g/mol. The first-order valence-electron chi connectivity index (χ1n) is 5.52. The Bertz CT molecular complexity index is 593. The highest BCUT2D eigenvalue weighted by Gasteiger charge is 2.06. The van der Waals surface area contributed by atoms with Gasteiger partial charge >= 0.3 is 5.97 Å². The normalized spacial score (nSPS) is 10.2. The minimum atomic E-state index is -0.858. The number of aromatic hydroxyl groups is 1. The first-order chi connectivity index (χ1) is 9.04. The fourth-order valence-corrected chi connectivity index (χ4v) is 2.24. The lowest BCUT2D eigenvalue weighted by Crippen LogP contribution is -2.00. The topological polar surface area (TPSA) is 66.8 Å². The number of ether oxygens (including phenoxy) is 1. The van der Waals surface area contributed by atoms with Gasteiger partial charge in [0.1, 0.15) is 17.2 Å². The second-order valence-corrected chi connectivity index (χ2v) is 5.09. The van der Waals surface area contributed by atoms with E-state index in [1.54, 1.807) is 42.5 Å². The van der Waals surface area contributed by atoms with Crippen LogP contribution >= 0.6 is 22.6 Å². The molecule has 2 rings (SSSR count). The number of benzene rings is 2. The van der Waals surface area contributed by atoms with E-state index in [2.05, 4.69) is 22.6 Å². The van der Waals surface area contributed by atoms with E-state index in [0.29, 0.717) is 11.5 Å². The second-order valence-electron chi connectivity index (χ2n) is 3.93. The minimum absolute atomic E-state index is 0.00447. The number of rotatable bonds is 4. The molecule has 0 amide bonds. The van der Waals surface area contributed by atoms with E-state index in [-0.39, 0.29) is 12.2 Å². The van der Waals surface area contributed by atoms with E-state index in [1.165, 1.54) is 0 Å². The lowest BCUT2D eigenvalue weighted by molar-refractivity contribution is -0.136. The molecule has 0 unspecified atom stereocenters. The summed E-state index contributed by atoms with van der Waals surface area (Å²) in [6.07, 6.45) is -0.00447. The molecule has 4 nitrogen and oxygen atoms in total. The van der Waals surface area contributed by atoms with Crippen LogP contribution in [0.4, 0.5) is 0 Å². The Kier molecular flexibility index (Phi) is 4.26. The molecule has 0 bridgehead atoms. The first kappa shape index (κ1) is 13.7. The molecule has 0 aliphatic heterocycles. The Morgan fingerprint density at radius 3 is 2.42 bits per heavy atom. The quantitative estimate of drug-likeness (QED) is 0.810. The molecule has 19 heavy (non-hydrogen) atoms. The fraction of sp³-hybridized carbons (Fsp3) is 0.0714. The number of carboxylic acids is 1. The van der Waals surface area contributed by atoms with E-state index in [9.17, 15) is 9.90 Å². The van der Waals surface area contributed by atoms with Gasteiger partial charge in [0.2, 0.25) is 0 Å². The Labute approximate surface area is 123 Å². The SMILES string of the molecule is O=C(O)Cc1ccc(Oc2ccc(O)cc2)c(I)c1. The number of phenols is 1. The number of hydrogen-bond acceptors (Lipinski definition) is 3. The molecule has 0 heterocycles. The van der Waals surface area contributed by atoms with Gasteiger partial charge in [-0.2, -0.15) is 0 Å². The van der Waals surface area contributed by atoms with Crippen molar-refractivity contribution in [3.8, 4) is 17.2 Å². The predicted molar refractivity (Wildman–Crippen MR) is 78.7 cm³/mol. The van der Waals surface area contributed by atoms with E-state index in [4.69, 9.17) is 9.84 Å². The number of phenolic OH excluding ortho intramolecular Hbond substituents is 1. The van der Waals surface area contributed by atoms with Crippen molar-refractivity contribution < 1.29 is 19.7 Å². The van der Waals surface area contributed by atoms with Crippen LogP contribution in [0.2, 0.25) is 0 Å². The maximum atomic E-state index is 10.6. The summed E-state index contributed by atoms with van der Waals surface area (Å²) in [6, 6.07) is 11.7. The maximum absolute atomic E-state index is 10.6. The zero-order valence-electron chi connectivity index (χ0n) is 9.84. The molecule has 0 atom stereocenters. The fourth-order valence-electron chi connectivity index (χ4n) is 1.55. The Morgan fingerprint density at radius 2 is 1.84 bits per heavy atom. The highest BCUT2D eigenvalue weighted by Crippen LogP contribution is 2.28. The molecule has 0 fully saturated rings. The van der Waals surface area contributed by atoms with Gasteiger partial charge in [0, 0.05) is 0 Å². The van der Waals surface area contributed by atoms with Crippen molar-refractivity contribution in [3.05, 3.63) is 51.6 Å². The molecule has 0 radical (unpaired) electrons. The van der Waals surface area contributed by atoms with E-state index < -0.39 is 5.97 Å². The van der Waals surface area contributed by atoms with Gasteiger partial charge in [-0.3, -0.25) is 4.79 Å². The van der Waals surface area contributed by atoms with Gasteiger partial charge in [-0.15, -0.1) is 0 Å². The average Bonchev–Trinajstić information content (AvgIpc) is 2.34. The Hall–Kier alpha value is -1.76. The van der Waals surface area contributed by atoms with Gasteiger partial charge in [0.15, 0.2) is 0 Å². The van der Waals surface area contributed by atoms with Gasteiger partial charge < -0.3 is 14.9 Å². The van der Waals surface area contributed by atoms with Crippen molar-refractivity contribution in [2.45, 2.75) is 6.42 Å². The number of hydrogen-bond donors (Lipinski definition) is 2. The highest BCUT2D eigenvalue weighted by molar-refractivity contribution is 14.1. The van der Waals surface area contributed by atoms with Crippen LogP contribution in [0, 0.1) is 3.57 Å². The standard InChI is InChI=1S/C14H11IO4/c15-12-7-9(8-14(17)18)1-6-13(12)19-11-4-2-10(16)3-5-11/h1-7,16H,8H2,(H,17,18). The third-order valence-electron chi connectivity index (χ3n) is 2.42. The molecule has 0 saturated carbocycles. The predicted octanol–water partition coefficient (Wildman–Crippen LogP) is 3.42. The van der Waals surface area contributed by atoms with Crippen molar-refractivity contribution in [1.82, 2.24) is 0 Å². The molecular weight excluding hydrogens is 359 g/mol. The molecule has 2 N–H and O–H groups in total. The van der Waals surface area contributed by atoms with Crippen LogP contribution in [0.1, 0.15) is 5.56 Å². The van der Waals surface area contributed by atoms with Crippen LogP contribution in [0.3, 0.4) is 0 Å². The number of halogens is 1. The lowest BCUT2D eigenvalue weighted by Gasteiger charge is -2.09. The smallest absolute Gasteiger partial charge is 0.307 e. The molecule has 0 spiro atoms.